The molecule has 3 nitrogen and oxygen atoms in total. The number of halogens is 2. The molecule has 2 aromatic rings. The summed E-state index contributed by atoms with van der Waals surface area (Å²) < 4.78 is 26.8. The fourth-order valence-electron chi connectivity index (χ4n) is 2.07. The fourth-order valence-corrected chi connectivity index (χ4v) is 2.07. The van der Waals surface area contributed by atoms with E-state index in [-0.39, 0.29) is 16.8 Å². The molecule has 1 aliphatic rings. The van der Waals surface area contributed by atoms with E-state index in [1.54, 1.807) is 12.1 Å². The summed E-state index contributed by atoms with van der Waals surface area (Å²) in [6.45, 7) is 0. The van der Waals surface area contributed by atoms with Crippen LogP contribution in [0.3, 0.4) is 0 Å². The molecule has 1 aliphatic heterocycles. The summed E-state index contributed by atoms with van der Waals surface area (Å²) in [5, 5.41) is 0. The second kappa shape index (κ2) is 3.98. The van der Waals surface area contributed by atoms with Gasteiger partial charge < -0.3 is 0 Å². The highest BCUT2D eigenvalue weighted by molar-refractivity contribution is 6.34. The van der Waals surface area contributed by atoms with Crippen LogP contribution in [0.5, 0.6) is 0 Å². The summed E-state index contributed by atoms with van der Waals surface area (Å²) in [5.41, 5.74) is 0.0125. The summed E-state index contributed by atoms with van der Waals surface area (Å²) in [5.74, 6) is -2.83. The largest absolute Gasteiger partial charge is 0.268 e. The Morgan fingerprint density at radius 1 is 0.842 bits per heavy atom. The van der Waals surface area contributed by atoms with E-state index < -0.39 is 23.4 Å². The number of fused-ring (bicyclic) bond motifs is 1. The highest BCUT2D eigenvalue weighted by Gasteiger charge is 2.37. The zero-order valence-corrected chi connectivity index (χ0v) is 9.56. The minimum Gasteiger partial charge on any atom is -0.268 e. The van der Waals surface area contributed by atoms with E-state index in [2.05, 4.69) is 0 Å². The Labute approximate surface area is 107 Å². The number of nitrogens with zero attached hydrogens (tertiary/aromatic N) is 1. The lowest BCUT2D eigenvalue weighted by Gasteiger charge is -2.14. The smallest absolute Gasteiger partial charge is 0.266 e. The van der Waals surface area contributed by atoms with Crippen molar-refractivity contribution in [2.45, 2.75) is 0 Å². The number of carbonyl (C=O) groups is 2. The summed E-state index contributed by atoms with van der Waals surface area (Å²) in [6, 6.07) is 8.81. The molecule has 0 saturated heterocycles. The van der Waals surface area contributed by atoms with Gasteiger partial charge in [-0.1, -0.05) is 12.1 Å². The Hall–Kier alpha value is -2.56. The predicted octanol–water partition coefficient (Wildman–Crippen LogP) is 2.77. The zero-order valence-electron chi connectivity index (χ0n) is 9.56. The van der Waals surface area contributed by atoms with Crippen molar-refractivity contribution >= 4 is 17.5 Å². The monoisotopic (exact) mass is 259 g/mol. The highest BCUT2D eigenvalue weighted by atomic mass is 19.1. The average molecular weight is 259 g/mol. The summed E-state index contributed by atoms with van der Waals surface area (Å²) in [4.78, 5) is 24.8. The number of hydrogen-bond donors (Lipinski definition) is 0. The Balaban J connectivity index is 2.17. The highest BCUT2D eigenvalue weighted by Crippen LogP contribution is 2.30. The molecule has 0 spiro atoms. The zero-order chi connectivity index (χ0) is 13.6. The molecule has 0 N–H and O–H groups in total. The van der Waals surface area contributed by atoms with Crippen LogP contribution in [0.25, 0.3) is 0 Å². The first-order chi connectivity index (χ1) is 9.09. The Bertz CT molecular complexity index is 677. The van der Waals surface area contributed by atoms with Gasteiger partial charge in [-0.25, -0.2) is 13.7 Å². The van der Waals surface area contributed by atoms with Crippen molar-refractivity contribution in [2.24, 2.45) is 0 Å². The van der Waals surface area contributed by atoms with Gasteiger partial charge in [0.05, 0.1) is 16.8 Å². The van der Waals surface area contributed by atoms with Crippen LogP contribution >= 0.6 is 0 Å². The summed E-state index contributed by atoms with van der Waals surface area (Å²) in [7, 11) is 0. The van der Waals surface area contributed by atoms with Gasteiger partial charge in [-0.15, -0.1) is 0 Å². The van der Waals surface area contributed by atoms with Crippen LogP contribution in [0.2, 0.25) is 0 Å². The lowest BCUT2D eigenvalue weighted by molar-refractivity contribution is 0.0925. The standard InChI is InChI=1S/C14H7F2NO2/c15-8-5-6-11(16)12(7-8)17-13(18)9-3-1-2-4-10(9)14(17)19/h1-7H. The maximum atomic E-state index is 13.7. The predicted molar refractivity (Wildman–Crippen MR) is 63.9 cm³/mol. The SMILES string of the molecule is O=C1c2ccccc2C(=O)N1c1cc(F)ccc1F. The van der Waals surface area contributed by atoms with Crippen LogP contribution in [0.1, 0.15) is 20.7 Å². The number of imide groups is 1. The summed E-state index contributed by atoms with van der Waals surface area (Å²) >= 11 is 0. The van der Waals surface area contributed by atoms with Crippen molar-refractivity contribution in [3.8, 4) is 0 Å². The van der Waals surface area contributed by atoms with E-state index in [0.29, 0.717) is 4.90 Å². The molecular formula is C14H7F2NO2. The molecule has 3 rings (SSSR count). The maximum Gasteiger partial charge on any atom is 0.266 e. The van der Waals surface area contributed by atoms with E-state index in [1.165, 1.54) is 12.1 Å². The topological polar surface area (TPSA) is 37.4 Å². The Kier molecular flexibility index (Phi) is 2.41. The number of benzene rings is 2. The van der Waals surface area contributed by atoms with Crippen LogP contribution < -0.4 is 4.90 Å². The van der Waals surface area contributed by atoms with Crippen molar-refractivity contribution in [3.05, 3.63) is 65.2 Å². The van der Waals surface area contributed by atoms with Crippen molar-refractivity contribution in [1.82, 2.24) is 0 Å². The number of carbonyl (C=O) groups excluding carboxylic acids is 2. The van der Waals surface area contributed by atoms with Crippen molar-refractivity contribution in [2.75, 3.05) is 4.90 Å². The molecule has 2 aromatic carbocycles. The molecule has 0 radical (unpaired) electrons. The Morgan fingerprint density at radius 3 is 2.00 bits per heavy atom. The van der Waals surface area contributed by atoms with Crippen molar-refractivity contribution in [3.63, 3.8) is 0 Å². The van der Waals surface area contributed by atoms with Gasteiger partial charge in [0.1, 0.15) is 11.6 Å². The van der Waals surface area contributed by atoms with Gasteiger partial charge in [0.25, 0.3) is 11.8 Å². The quantitative estimate of drug-likeness (QED) is 0.738. The molecule has 0 unspecified atom stereocenters. The first-order valence-corrected chi connectivity index (χ1v) is 5.52. The average Bonchev–Trinajstić information content (AvgIpc) is 2.66. The number of amides is 2. The lowest BCUT2D eigenvalue weighted by atomic mass is 10.1. The third-order valence-electron chi connectivity index (χ3n) is 2.94. The van der Waals surface area contributed by atoms with Gasteiger partial charge in [-0.05, 0) is 24.3 Å². The van der Waals surface area contributed by atoms with Gasteiger partial charge in [-0.2, -0.15) is 0 Å². The van der Waals surface area contributed by atoms with Crippen molar-refractivity contribution < 1.29 is 18.4 Å². The third-order valence-corrected chi connectivity index (χ3v) is 2.94. The molecule has 94 valence electrons. The molecule has 0 fully saturated rings. The molecule has 1 heterocycles. The normalized spacial score (nSPS) is 13.9. The molecule has 5 heteroatoms. The van der Waals surface area contributed by atoms with Crippen LogP contribution in [-0.2, 0) is 0 Å². The minimum absolute atomic E-state index is 0.191. The van der Waals surface area contributed by atoms with Gasteiger partial charge in [0.15, 0.2) is 0 Å². The number of hydrogen-bond acceptors (Lipinski definition) is 2. The van der Waals surface area contributed by atoms with Crippen molar-refractivity contribution in [1.29, 1.82) is 0 Å². The molecule has 0 atom stereocenters. The van der Waals surface area contributed by atoms with Crippen LogP contribution in [-0.4, -0.2) is 11.8 Å². The van der Waals surface area contributed by atoms with Gasteiger partial charge in [0.2, 0.25) is 0 Å². The lowest BCUT2D eigenvalue weighted by Crippen LogP contribution is -2.30. The van der Waals surface area contributed by atoms with E-state index in [0.717, 1.165) is 18.2 Å². The fraction of sp³-hybridized carbons (Fsp3) is 0. The van der Waals surface area contributed by atoms with Gasteiger partial charge in [0, 0.05) is 6.07 Å². The molecule has 0 aliphatic carbocycles. The van der Waals surface area contributed by atoms with Crippen LogP contribution in [0, 0.1) is 11.6 Å². The van der Waals surface area contributed by atoms with E-state index >= 15 is 0 Å². The van der Waals surface area contributed by atoms with E-state index in [1.807, 2.05) is 0 Å². The second-order valence-electron chi connectivity index (χ2n) is 4.09. The number of rotatable bonds is 1. The summed E-state index contributed by atoms with van der Waals surface area (Å²) in [6.07, 6.45) is 0. The first kappa shape index (κ1) is 11.5. The third kappa shape index (κ3) is 1.62. The molecule has 19 heavy (non-hydrogen) atoms. The Morgan fingerprint density at radius 2 is 1.42 bits per heavy atom. The van der Waals surface area contributed by atoms with E-state index in [9.17, 15) is 18.4 Å². The number of anilines is 1. The van der Waals surface area contributed by atoms with Gasteiger partial charge in [-0.3, -0.25) is 9.59 Å². The first-order valence-electron chi connectivity index (χ1n) is 5.52. The molecule has 0 aromatic heterocycles. The van der Waals surface area contributed by atoms with E-state index in [4.69, 9.17) is 0 Å². The molecule has 0 bridgehead atoms. The molecule has 0 saturated carbocycles. The maximum absolute atomic E-state index is 13.7. The van der Waals surface area contributed by atoms with Crippen LogP contribution in [0.4, 0.5) is 14.5 Å². The van der Waals surface area contributed by atoms with Crippen LogP contribution in [0.15, 0.2) is 42.5 Å². The second-order valence-corrected chi connectivity index (χ2v) is 4.09. The minimum atomic E-state index is -0.823. The molecule has 2 amide bonds. The molecular weight excluding hydrogens is 252 g/mol. The van der Waals surface area contributed by atoms with Gasteiger partial charge >= 0.3 is 0 Å².